The largest absolute Gasteiger partial charge is 0.419 e. The summed E-state index contributed by atoms with van der Waals surface area (Å²) >= 11 is 0. The molecule has 3 heterocycles. The van der Waals surface area contributed by atoms with Gasteiger partial charge in [-0.2, -0.15) is 18.3 Å². The van der Waals surface area contributed by atoms with E-state index in [4.69, 9.17) is 0 Å². The average Bonchev–Trinajstić information content (AvgIpc) is 3.15. The Labute approximate surface area is 188 Å². The molecule has 2 N–H and O–H groups in total. The molecule has 178 valence electrons. The van der Waals surface area contributed by atoms with E-state index in [2.05, 4.69) is 25.5 Å². The van der Waals surface area contributed by atoms with Gasteiger partial charge in [0.25, 0.3) is 0 Å². The van der Waals surface area contributed by atoms with Gasteiger partial charge < -0.3 is 14.6 Å². The fourth-order valence-electron chi connectivity index (χ4n) is 3.92. The van der Waals surface area contributed by atoms with E-state index in [1.54, 1.807) is 6.92 Å². The number of nitrogens with one attached hydrogen (secondary N) is 2. The maximum atomic E-state index is 15.4. The first-order valence-corrected chi connectivity index (χ1v) is 10.4. The second-order valence-corrected chi connectivity index (χ2v) is 8.09. The first-order valence-electron chi connectivity index (χ1n) is 10.4. The molecule has 0 spiro atoms. The molecule has 5 rings (SSSR count). The average molecular weight is 479 g/mol. The Morgan fingerprint density at radius 2 is 2.06 bits per heavy atom. The zero-order valence-electron chi connectivity index (χ0n) is 17.9. The van der Waals surface area contributed by atoms with Crippen molar-refractivity contribution in [1.82, 2.24) is 24.6 Å². The van der Waals surface area contributed by atoms with Crippen molar-refractivity contribution in [2.24, 2.45) is 5.92 Å². The summed E-state index contributed by atoms with van der Waals surface area (Å²) < 4.78 is 72.3. The lowest BCUT2D eigenvalue weighted by molar-refractivity contribution is -0.139. The van der Waals surface area contributed by atoms with E-state index in [0.29, 0.717) is 0 Å². The van der Waals surface area contributed by atoms with E-state index >= 15 is 4.39 Å². The molecule has 34 heavy (non-hydrogen) atoms. The molecule has 1 aliphatic carbocycles. The molecule has 0 saturated heterocycles. The van der Waals surface area contributed by atoms with Crippen LogP contribution in [-0.4, -0.2) is 50.2 Å². The van der Waals surface area contributed by atoms with Crippen LogP contribution in [0, 0.1) is 11.7 Å². The highest BCUT2D eigenvalue weighted by Crippen LogP contribution is 2.46. The van der Waals surface area contributed by atoms with Gasteiger partial charge in [0.1, 0.15) is 11.7 Å². The number of carbonyl (C=O) groups is 1. The third-order valence-corrected chi connectivity index (χ3v) is 5.86. The smallest absolute Gasteiger partial charge is 0.371 e. The molecule has 1 saturated carbocycles. The van der Waals surface area contributed by atoms with Gasteiger partial charge in [0.05, 0.1) is 41.4 Å². The van der Waals surface area contributed by atoms with Crippen molar-refractivity contribution in [2.75, 3.05) is 23.8 Å². The van der Waals surface area contributed by atoms with Crippen molar-refractivity contribution in [3.8, 4) is 11.3 Å². The topological polar surface area (TPSA) is 91.2 Å². The number of halogens is 5. The number of rotatable bonds is 5. The monoisotopic (exact) mass is 479 g/mol. The van der Waals surface area contributed by atoms with Crippen LogP contribution < -0.4 is 10.2 Å². The molecule has 1 amide bonds. The van der Waals surface area contributed by atoms with Gasteiger partial charge in [0, 0.05) is 30.7 Å². The summed E-state index contributed by atoms with van der Waals surface area (Å²) in [4.78, 5) is 21.6. The first kappa shape index (κ1) is 22.0. The zero-order valence-corrected chi connectivity index (χ0v) is 17.9. The molecule has 1 aromatic carbocycles. The predicted octanol–water partition coefficient (Wildman–Crippen LogP) is 4.18. The van der Waals surface area contributed by atoms with Gasteiger partial charge in [-0.1, -0.05) is 0 Å². The number of fused-ring (bicyclic) bond motifs is 2. The lowest BCUT2D eigenvalue weighted by Crippen LogP contribution is -2.21. The number of benzene rings is 1. The van der Waals surface area contributed by atoms with Crippen molar-refractivity contribution in [3.05, 3.63) is 36.2 Å². The maximum Gasteiger partial charge on any atom is 0.419 e. The lowest BCUT2D eigenvalue weighted by atomic mass is 9.97. The SMILES string of the molecule is CCN(C)c1c(F)c(C(F)(F)F)c(-c2cn3cc(NC(=O)C4CC4F)nc3cn2)c2cn[nH]c12. The summed E-state index contributed by atoms with van der Waals surface area (Å²) in [5.41, 5.74) is -2.01. The Kier molecular flexibility index (Phi) is 4.95. The molecule has 2 atom stereocenters. The minimum absolute atomic E-state index is 0.0484. The minimum Gasteiger partial charge on any atom is -0.371 e. The second-order valence-electron chi connectivity index (χ2n) is 8.09. The minimum atomic E-state index is -5.02. The summed E-state index contributed by atoms with van der Waals surface area (Å²) in [7, 11) is 1.48. The van der Waals surface area contributed by atoms with E-state index in [1.165, 1.54) is 41.1 Å². The number of amides is 1. The van der Waals surface area contributed by atoms with Crippen LogP contribution in [0.2, 0.25) is 0 Å². The zero-order chi connectivity index (χ0) is 24.4. The molecule has 0 bridgehead atoms. The Morgan fingerprint density at radius 3 is 2.71 bits per heavy atom. The molecule has 0 aliphatic heterocycles. The number of imidazole rings is 1. The van der Waals surface area contributed by atoms with E-state index in [1.807, 2.05) is 0 Å². The van der Waals surface area contributed by atoms with Crippen LogP contribution in [0.25, 0.3) is 27.8 Å². The number of aromatic amines is 1. The Morgan fingerprint density at radius 1 is 1.32 bits per heavy atom. The molecule has 1 fully saturated rings. The van der Waals surface area contributed by atoms with Crippen molar-refractivity contribution in [1.29, 1.82) is 0 Å². The normalized spacial score (nSPS) is 18.0. The fourth-order valence-corrected chi connectivity index (χ4v) is 3.92. The van der Waals surface area contributed by atoms with Crippen LogP contribution in [0.5, 0.6) is 0 Å². The molecular formula is C21H18F5N7O. The van der Waals surface area contributed by atoms with Crippen LogP contribution in [0.4, 0.5) is 33.5 Å². The summed E-state index contributed by atoms with van der Waals surface area (Å²) in [6.45, 7) is 1.95. The number of nitrogens with zero attached hydrogens (tertiary/aromatic N) is 5. The van der Waals surface area contributed by atoms with E-state index in [-0.39, 0.29) is 46.7 Å². The van der Waals surface area contributed by atoms with Gasteiger partial charge in [-0.05, 0) is 13.3 Å². The predicted molar refractivity (Wildman–Crippen MR) is 114 cm³/mol. The van der Waals surface area contributed by atoms with Gasteiger partial charge in [-0.25, -0.2) is 13.8 Å². The molecule has 13 heteroatoms. The first-order chi connectivity index (χ1) is 16.1. The van der Waals surface area contributed by atoms with Gasteiger partial charge >= 0.3 is 6.18 Å². The van der Waals surface area contributed by atoms with E-state index in [0.717, 1.165) is 0 Å². The maximum absolute atomic E-state index is 15.4. The van der Waals surface area contributed by atoms with Crippen molar-refractivity contribution in [2.45, 2.75) is 25.7 Å². The van der Waals surface area contributed by atoms with Gasteiger partial charge in [-0.3, -0.25) is 14.9 Å². The quantitative estimate of drug-likeness (QED) is 0.419. The third-order valence-electron chi connectivity index (χ3n) is 5.86. The standard InChI is InChI=1S/C21H18F5N7O/c1-3-32(2)19-17(23)16(21(24,25)26)15(10-5-28-31-18(10)19)12-7-33-8-13(29-14(33)6-27-12)30-20(34)9-4-11(9)22/h5-9,11H,3-4H2,1-2H3,(H,28,31)(H,30,34). The van der Waals surface area contributed by atoms with E-state index < -0.39 is 41.1 Å². The fraction of sp³-hybridized carbons (Fsp3) is 0.333. The Balaban J connectivity index is 1.67. The highest BCUT2D eigenvalue weighted by Gasteiger charge is 2.44. The molecule has 2 unspecified atom stereocenters. The molecular weight excluding hydrogens is 461 g/mol. The van der Waals surface area contributed by atoms with Crippen LogP contribution >= 0.6 is 0 Å². The van der Waals surface area contributed by atoms with Crippen LogP contribution in [0.15, 0.2) is 24.8 Å². The summed E-state index contributed by atoms with van der Waals surface area (Å²) in [5.74, 6) is -2.60. The molecule has 4 aromatic rings. The van der Waals surface area contributed by atoms with Crippen LogP contribution in [-0.2, 0) is 11.0 Å². The van der Waals surface area contributed by atoms with Gasteiger partial charge in [0.15, 0.2) is 17.3 Å². The number of anilines is 2. The lowest BCUT2D eigenvalue weighted by Gasteiger charge is -2.23. The molecule has 1 aliphatic rings. The molecule has 0 radical (unpaired) electrons. The van der Waals surface area contributed by atoms with Crippen molar-refractivity contribution in [3.63, 3.8) is 0 Å². The van der Waals surface area contributed by atoms with E-state index in [9.17, 15) is 22.4 Å². The van der Waals surface area contributed by atoms with Gasteiger partial charge in [0.2, 0.25) is 5.91 Å². The van der Waals surface area contributed by atoms with Crippen LogP contribution in [0.3, 0.4) is 0 Å². The second kappa shape index (κ2) is 7.64. The number of aromatic nitrogens is 5. The number of H-pyrrole nitrogens is 1. The number of hydrogen-bond acceptors (Lipinski definition) is 5. The highest BCUT2D eigenvalue weighted by atomic mass is 19.4. The highest BCUT2D eigenvalue weighted by molar-refractivity contribution is 6.03. The van der Waals surface area contributed by atoms with Gasteiger partial charge in [-0.15, -0.1) is 0 Å². The molecule has 3 aromatic heterocycles. The third kappa shape index (κ3) is 3.51. The summed E-state index contributed by atoms with van der Waals surface area (Å²) in [6.07, 6.45) is -1.05. The summed E-state index contributed by atoms with van der Waals surface area (Å²) in [5, 5.41) is 8.97. The number of hydrogen-bond donors (Lipinski definition) is 2. The van der Waals surface area contributed by atoms with Crippen molar-refractivity contribution >= 4 is 34.0 Å². The molecule has 8 nitrogen and oxygen atoms in total. The number of carbonyl (C=O) groups excluding carboxylic acids is 1. The van der Waals surface area contributed by atoms with Crippen molar-refractivity contribution < 1.29 is 26.7 Å². The Hall–Kier alpha value is -3.77. The Bertz CT molecular complexity index is 1430. The summed E-state index contributed by atoms with van der Waals surface area (Å²) in [6, 6.07) is 0. The van der Waals surface area contributed by atoms with Crippen LogP contribution in [0.1, 0.15) is 18.9 Å². The number of alkyl halides is 4.